The molecule has 0 radical (unpaired) electrons. The van der Waals surface area contributed by atoms with Crippen molar-refractivity contribution in [1.29, 1.82) is 0 Å². The van der Waals surface area contributed by atoms with Gasteiger partial charge in [-0.3, -0.25) is 0 Å². The van der Waals surface area contributed by atoms with E-state index in [0.717, 1.165) is 0 Å². The molecule has 0 aliphatic carbocycles. The van der Waals surface area contributed by atoms with Crippen LogP contribution in [0.15, 0.2) is 17.7 Å². The molecule has 0 bridgehead atoms. The van der Waals surface area contributed by atoms with Crippen molar-refractivity contribution in [1.82, 2.24) is 0 Å². The molecule has 42 valence electrons. The predicted octanol–water partition coefficient (Wildman–Crippen LogP) is 2.66. The molecule has 0 rings (SSSR count). The van der Waals surface area contributed by atoms with E-state index in [0.29, 0.717) is 0 Å². The third kappa shape index (κ3) is 6.35. The van der Waals surface area contributed by atoms with Crippen LogP contribution in [0, 0.1) is 0 Å². The molecule has 0 saturated carbocycles. The summed E-state index contributed by atoms with van der Waals surface area (Å²) in [5, 5.41) is 1.95. The average molecular weight is 181 g/mol. The molecule has 0 fully saturated rings. The van der Waals surface area contributed by atoms with Crippen molar-refractivity contribution in [2.45, 2.75) is 0 Å². The van der Waals surface area contributed by atoms with Gasteiger partial charge in [-0.05, 0) is 27.3 Å². The largest absolute Gasteiger partial charge is 0.162 e. The molecule has 0 aliphatic heterocycles. The van der Waals surface area contributed by atoms with E-state index in [2.05, 4.69) is 39.6 Å². The SMILES string of the molecule is C=C=CS(C)(C)Br. The second kappa shape index (κ2) is 2.61. The zero-order chi connectivity index (χ0) is 5.91. The van der Waals surface area contributed by atoms with Crippen molar-refractivity contribution in [3.05, 3.63) is 17.7 Å². The van der Waals surface area contributed by atoms with Crippen LogP contribution in [-0.2, 0) is 0 Å². The second-order valence-corrected chi connectivity index (χ2v) is 9.40. The van der Waals surface area contributed by atoms with Crippen LogP contribution < -0.4 is 0 Å². The van der Waals surface area contributed by atoms with E-state index in [1.54, 1.807) is 0 Å². The summed E-state index contributed by atoms with van der Waals surface area (Å²) in [4.78, 5) is 0. The van der Waals surface area contributed by atoms with Crippen molar-refractivity contribution in [3.63, 3.8) is 0 Å². The van der Waals surface area contributed by atoms with Crippen molar-refractivity contribution in [2.24, 2.45) is 0 Å². The Morgan fingerprint density at radius 1 is 1.71 bits per heavy atom. The molecule has 0 N–H and O–H groups in total. The standard InChI is InChI=1S/C5H9BrS/c1-4-5-7(2,3)6/h5H,1H2,2-3H3. The van der Waals surface area contributed by atoms with Gasteiger partial charge in [0.15, 0.2) is 0 Å². The maximum absolute atomic E-state index is 3.46. The van der Waals surface area contributed by atoms with Crippen LogP contribution in [0.25, 0.3) is 0 Å². The van der Waals surface area contributed by atoms with Gasteiger partial charge < -0.3 is 0 Å². The highest BCUT2D eigenvalue weighted by Gasteiger charge is 1.96. The smallest absolute Gasteiger partial charge is 0.00392 e. The molecule has 0 saturated heterocycles. The Morgan fingerprint density at radius 3 is 2.14 bits per heavy atom. The Balaban J connectivity index is 3.80. The van der Waals surface area contributed by atoms with Gasteiger partial charge in [0.05, 0.1) is 0 Å². The summed E-state index contributed by atoms with van der Waals surface area (Å²) in [6, 6.07) is 0. The lowest BCUT2D eigenvalue weighted by molar-refractivity contribution is 2.23. The van der Waals surface area contributed by atoms with Crippen LogP contribution in [0.5, 0.6) is 0 Å². The molecule has 7 heavy (non-hydrogen) atoms. The van der Waals surface area contributed by atoms with Gasteiger partial charge in [-0.2, -0.15) is 8.46 Å². The Kier molecular flexibility index (Phi) is 2.74. The van der Waals surface area contributed by atoms with Crippen LogP contribution in [0.1, 0.15) is 0 Å². The summed E-state index contributed by atoms with van der Waals surface area (Å²) in [5.74, 6) is 0. The molecular formula is C5H9BrS. The van der Waals surface area contributed by atoms with Crippen LogP contribution in [-0.4, -0.2) is 12.5 Å². The molecule has 0 aromatic carbocycles. The Morgan fingerprint density at radius 2 is 2.14 bits per heavy atom. The molecule has 0 spiro atoms. The Hall–Kier alpha value is 0.350. The number of hydrogen-bond donors (Lipinski definition) is 0. The fourth-order valence-electron chi connectivity index (χ4n) is 0.198. The molecule has 0 aliphatic rings. The molecule has 0 aromatic heterocycles. The molecule has 2 heteroatoms. The highest BCUT2D eigenvalue weighted by Crippen LogP contribution is 2.48. The molecule has 0 nitrogen and oxygen atoms in total. The van der Waals surface area contributed by atoms with E-state index < -0.39 is 8.46 Å². The zero-order valence-electron chi connectivity index (χ0n) is 4.57. The highest BCUT2D eigenvalue weighted by molar-refractivity contribution is 9.58. The van der Waals surface area contributed by atoms with E-state index in [-0.39, 0.29) is 0 Å². The molecule has 0 atom stereocenters. The first kappa shape index (κ1) is 7.35. The fraction of sp³-hybridized carbons (Fsp3) is 0.400. The lowest BCUT2D eigenvalue weighted by Gasteiger charge is -2.13. The predicted molar refractivity (Wildman–Crippen MR) is 42.1 cm³/mol. The summed E-state index contributed by atoms with van der Waals surface area (Å²) in [7, 11) is -0.660. The van der Waals surface area contributed by atoms with Gasteiger partial charge in [0, 0.05) is 5.41 Å². The summed E-state index contributed by atoms with van der Waals surface area (Å²) in [6.07, 6.45) is 4.23. The normalized spacial score (nSPS) is 12.4. The molecule has 0 unspecified atom stereocenters. The third-order valence-corrected chi connectivity index (χ3v) is 1.65. The number of rotatable bonds is 1. The third-order valence-electron chi connectivity index (χ3n) is 0.364. The van der Waals surface area contributed by atoms with Crippen LogP contribution in [0.2, 0.25) is 0 Å². The van der Waals surface area contributed by atoms with Gasteiger partial charge in [0.2, 0.25) is 0 Å². The van der Waals surface area contributed by atoms with Gasteiger partial charge in [-0.1, -0.05) is 6.58 Å². The van der Waals surface area contributed by atoms with E-state index in [9.17, 15) is 0 Å². The topological polar surface area (TPSA) is 0 Å². The fourth-order valence-corrected chi connectivity index (χ4v) is 0.991. The second-order valence-electron chi connectivity index (χ2n) is 1.60. The van der Waals surface area contributed by atoms with Crippen LogP contribution >= 0.6 is 23.3 Å². The van der Waals surface area contributed by atoms with Crippen molar-refractivity contribution < 1.29 is 0 Å². The minimum absolute atomic E-state index is 0.660. The van der Waals surface area contributed by atoms with Crippen molar-refractivity contribution in [3.8, 4) is 0 Å². The lowest BCUT2D eigenvalue weighted by Crippen LogP contribution is -1.71. The number of halogens is 1. The van der Waals surface area contributed by atoms with Gasteiger partial charge in [0.25, 0.3) is 0 Å². The minimum Gasteiger partial charge on any atom is -0.162 e. The van der Waals surface area contributed by atoms with E-state index in [4.69, 9.17) is 0 Å². The first-order valence-electron chi connectivity index (χ1n) is 1.85. The van der Waals surface area contributed by atoms with Gasteiger partial charge in [-0.25, -0.2) is 0 Å². The highest BCUT2D eigenvalue weighted by atomic mass is 79.9. The zero-order valence-corrected chi connectivity index (χ0v) is 6.97. The molecule has 0 heterocycles. The molecular weight excluding hydrogens is 172 g/mol. The number of hydrogen-bond acceptors (Lipinski definition) is 0. The monoisotopic (exact) mass is 180 g/mol. The average Bonchev–Trinajstić information content (AvgIpc) is 1.30. The van der Waals surface area contributed by atoms with E-state index in [1.807, 2.05) is 5.41 Å². The summed E-state index contributed by atoms with van der Waals surface area (Å²) in [6.45, 7) is 3.46. The maximum atomic E-state index is 3.46. The Labute approximate surface area is 53.8 Å². The first-order chi connectivity index (χ1) is 3.06. The van der Waals surface area contributed by atoms with Crippen LogP contribution in [0.4, 0.5) is 0 Å². The Bertz CT molecular complexity index is 95.1. The summed E-state index contributed by atoms with van der Waals surface area (Å²) >= 11 is 3.46. The summed E-state index contributed by atoms with van der Waals surface area (Å²) in [5.41, 5.74) is 2.72. The van der Waals surface area contributed by atoms with E-state index >= 15 is 0 Å². The first-order valence-corrected chi connectivity index (χ1v) is 6.20. The van der Waals surface area contributed by atoms with Crippen molar-refractivity contribution >= 4 is 23.3 Å². The lowest BCUT2D eigenvalue weighted by atomic mass is 11.0. The van der Waals surface area contributed by atoms with Gasteiger partial charge >= 0.3 is 0 Å². The molecule has 0 aromatic rings. The summed E-state index contributed by atoms with van der Waals surface area (Å²) < 4.78 is 0. The quantitative estimate of drug-likeness (QED) is 0.545. The minimum atomic E-state index is -0.660. The van der Waals surface area contributed by atoms with Gasteiger partial charge in [-0.15, -0.1) is 5.73 Å². The van der Waals surface area contributed by atoms with Crippen LogP contribution in [0.3, 0.4) is 0 Å². The molecule has 0 amide bonds. The maximum Gasteiger partial charge on any atom is 0.00392 e. The van der Waals surface area contributed by atoms with Crippen molar-refractivity contribution in [2.75, 3.05) is 12.5 Å². The van der Waals surface area contributed by atoms with Gasteiger partial charge in [0.1, 0.15) is 0 Å². The van der Waals surface area contributed by atoms with E-state index in [1.165, 1.54) is 0 Å².